The average Bonchev–Trinajstić information content (AvgIpc) is 3.55. The molecular formula is C36H42N4O5. The van der Waals surface area contributed by atoms with Crippen molar-refractivity contribution in [1.82, 2.24) is 15.0 Å². The van der Waals surface area contributed by atoms with E-state index in [0.717, 1.165) is 30.0 Å². The maximum absolute atomic E-state index is 5.85. The lowest BCUT2D eigenvalue weighted by molar-refractivity contribution is -0.0116. The van der Waals surface area contributed by atoms with Crippen molar-refractivity contribution in [2.45, 2.75) is 13.5 Å². The highest BCUT2D eigenvalue weighted by Crippen LogP contribution is 2.33. The van der Waals surface area contributed by atoms with E-state index >= 15 is 0 Å². The van der Waals surface area contributed by atoms with Crippen LogP contribution in [-0.4, -0.2) is 94.2 Å². The summed E-state index contributed by atoms with van der Waals surface area (Å²) in [6.45, 7) is 9.97. The Labute approximate surface area is 264 Å². The molecule has 6 rings (SSSR count). The molecule has 236 valence electrons. The standard InChI is InChI=1S/C36H42N4O5/c1-28-31-6-2-4-8-33(31)35(34-9-5-3-7-32(28)34)26-40-27-36(37-38-40)29-10-12-30(13-11-29)39-14-16-41-18-20-43-22-24-45-25-23-44-21-19-42-17-15-39/h2-13,27H,14-26H2,1H3. The molecule has 2 heterocycles. The van der Waals surface area contributed by atoms with Gasteiger partial charge in [0.15, 0.2) is 0 Å². The van der Waals surface area contributed by atoms with Gasteiger partial charge in [-0.1, -0.05) is 65.9 Å². The topological polar surface area (TPSA) is 80.1 Å². The smallest absolute Gasteiger partial charge is 0.113 e. The molecule has 1 aromatic heterocycles. The lowest BCUT2D eigenvalue weighted by atomic mass is 9.92. The molecule has 0 bridgehead atoms. The summed E-state index contributed by atoms with van der Waals surface area (Å²) in [4.78, 5) is 2.28. The largest absolute Gasteiger partial charge is 0.377 e. The molecule has 9 heteroatoms. The molecule has 4 aromatic carbocycles. The van der Waals surface area contributed by atoms with Crippen LogP contribution >= 0.6 is 0 Å². The highest BCUT2D eigenvalue weighted by Gasteiger charge is 2.14. The van der Waals surface area contributed by atoms with Crippen molar-refractivity contribution in [2.75, 3.05) is 84.1 Å². The fourth-order valence-electron chi connectivity index (χ4n) is 5.82. The third-order valence-corrected chi connectivity index (χ3v) is 8.20. The minimum atomic E-state index is 0.550. The predicted octanol–water partition coefficient (Wildman–Crippen LogP) is 5.51. The van der Waals surface area contributed by atoms with E-state index in [1.54, 1.807) is 0 Å². The second kappa shape index (κ2) is 15.9. The molecule has 0 saturated carbocycles. The lowest BCUT2D eigenvalue weighted by Crippen LogP contribution is -2.31. The zero-order valence-electron chi connectivity index (χ0n) is 26.0. The fourth-order valence-corrected chi connectivity index (χ4v) is 5.82. The molecule has 9 nitrogen and oxygen atoms in total. The highest BCUT2D eigenvalue weighted by molar-refractivity contribution is 6.05. The summed E-state index contributed by atoms with van der Waals surface area (Å²) >= 11 is 0. The van der Waals surface area contributed by atoms with E-state index in [1.807, 2.05) is 10.9 Å². The maximum atomic E-state index is 5.85. The Kier molecular flexibility index (Phi) is 11.0. The number of rotatable bonds is 4. The molecule has 0 amide bonds. The second-order valence-corrected chi connectivity index (χ2v) is 11.1. The fraction of sp³-hybridized carbons (Fsp3) is 0.389. The first kappa shape index (κ1) is 31.1. The number of fused-ring (bicyclic) bond motifs is 2. The number of aromatic nitrogens is 3. The van der Waals surface area contributed by atoms with Crippen LogP contribution in [0.2, 0.25) is 0 Å². The molecule has 1 aliphatic rings. The van der Waals surface area contributed by atoms with Crippen LogP contribution < -0.4 is 4.90 Å². The Bertz CT molecular complexity index is 1580. The molecule has 1 aliphatic heterocycles. The van der Waals surface area contributed by atoms with Crippen molar-refractivity contribution < 1.29 is 23.7 Å². The molecule has 0 atom stereocenters. The molecule has 0 radical (unpaired) electrons. The van der Waals surface area contributed by atoms with Crippen LogP contribution in [0.1, 0.15) is 11.1 Å². The predicted molar refractivity (Wildman–Crippen MR) is 177 cm³/mol. The van der Waals surface area contributed by atoms with Gasteiger partial charge in [0.2, 0.25) is 0 Å². The van der Waals surface area contributed by atoms with Gasteiger partial charge in [-0.2, -0.15) is 0 Å². The quantitative estimate of drug-likeness (QED) is 0.247. The van der Waals surface area contributed by atoms with Gasteiger partial charge in [0.1, 0.15) is 5.69 Å². The van der Waals surface area contributed by atoms with Crippen molar-refractivity contribution >= 4 is 27.2 Å². The Hall–Kier alpha value is -3.86. The van der Waals surface area contributed by atoms with Crippen molar-refractivity contribution in [3.05, 3.63) is 90.1 Å². The first-order valence-corrected chi connectivity index (χ1v) is 15.8. The van der Waals surface area contributed by atoms with Crippen molar-refractivity contribution in [3.8, 4) is 11.3 Å². The van der Waals surface area contributed by atoms with Crippen LogP contribution in [0.3, 0.4) is 0 Å². The van der Waals surface area contributed by atoms with E-state index in [0.29, 0.717) is 72.6 Å². The Morgan fingerprint density at radius 1 is 0.578 bits per heavy atom. The summed E-state index contributed by atoms with van der Waals surface area (Å²) in [5.74, 6) is 0. The van der Waals surface area contributed by atoms with Gasteiger partial charge in [-0.25, -0.2) is 4.68 Å². The number of hydrogen-bond donors (Lipinski definition) is 0. The molecule has 45 heavy (non-hydrogen) atoms. The Morgan fingerprint density at radius 2 is 1.04 bits per heavy atom. The first-order chi connectivity index (χ1) is 22.3. The first-order valence-electron chi connectivity index (χ1n) is 15.8. The molecule has 5 aromatic rings. The van der Waals surface area contributed by atoms with Gasteiger partial charge in [0, 0.05) is 24.3 Å². The van der Waals surface area contributed by atoms with Gasteiger partial charge in [-0.3, -0.25) is 0 Å². The van der Waals surface area contributed by atoms with E-state index in [2.05, 4.69) is 94.9 Å². The van der Waals surface area contributed by atoms with Crippen LogP contribution in [0.5, 0.6) is 0 Å². The maximum Gasteiger partial charge on any atom is 0.113 e. The monoisotopic (exact) mass is 610 g/mol. The van der Waals surface area contributed by atoms with E-state index in [9.17, 15) is 0 Å². The number of aryl methyl sites for hydroxylation is 1. The van der Waals surface area contributed by atoms with Crippen LogP contribution in [0.25, 0.3) is 32.8 Å². The summed E-state index contributed by atoms with van der Waals surface area (Å²) in [7, 11) is 0. The van der Waals surface area contributed by atoms with Crippen molar-refractivity contribution in [1.29, 1.82) is 0 Å². The van der Waals surface area contributed by atoms with Crippen LogP contribution in [0.15, 0.2) is 79.0 Å². The van der Waals surface area contributed by atoms with Gasteiger partial charge in [-0.15, -0.1) is 5.10 Å². The SMILES string of the molecule is Cc1c2ccccc2c(Cn2cc(-c3ccc(N4CCOCCOCCOCCOCCOCC4)cc3)nn2)c2ccccc12. The molecule has 0 N–H and O–H groups in total. The second-order valence-electron chi connectivity index (χ2n) is 11.1. The molecule has 1 fully saturated rings. The van der Waals surface area contributed by atoms with E-state index in [1.165, 1.54) is 32.7 Å². The van der Waals surface area contributed by atoms with Gasteiger partial charge in [0.25, 0.3) is 0 Å². The van der Waals surface area contributed by atoms with Gasteiger partial charge < -0.3 is 28.6 Å². The number of hydrogen-bond acceptors (Lipinski definition) is 8. The molecule has 0 spiro atoms. The van der Waals surface area contributed by atoms with E-state index in [-0.39, 0.29) is 0 Å². The van der Waals surface area contributed by atoms with Gasteiger partial charge in [-0.05, 0) is 51.7 Å². The third kappa shape index (κ3) is 8.06. The molecule has 0 unspecified atom stereocenters. The summed E-state index contributed by atoms with van der Waals surface area (Å²) in [6, 6.07) is 25.7. The van der Waals surface area contributed by atoms with Crippen molar-refractivity contribution in [3.63, 3.8) is 0 Å². The average molecular weight is 611 g/mol. The zero-order valence-corrected chi connectivity index (χ0v) is 26.0. The minimum absolute atomic E-state index is 0.550. The number of ether oxygens (including phenoxy) is 5. The summed E-state index contributed by atoms with van der Waals surface area (Å²) in [6.07, 6.45) is 2.03. The van der Waals surface area contributed by atoms with Crippen molar-refractivity contribution in [2.24, 2.45) is 0 Å². The Balaban J connectivity index is 1.14. The van der Waals surface area contributed by atoms with Gasteiger partial charge in [0.05, 0.1) is 78.8 Å². The third-order valence-electron chi connectivity index (χ3n) is 8.20. The zero-order chi connectivity index (χ0) is 30.7. The summed E-state index contributed by atoms with van der Waals surface area (Å²) in [5, 5.41) is 14.1. The van der Waals surface area contributed by atoms with E-state index < -0.39 is 0 Å². The summed E-state index contributed by atoms with van der Waals surface area (Å²) in [5.41, 5.74) is 5.54. The van der Waals surface area contributed by atoms with Crippen LogP contribution in [-0.2, 0) is 30.2 Å². The minimum Gasteiger partial charge on any atom is -0.377 e. The molecular weight excluding hydrogens is 568 g/mol. The number of benzene rings is 4. The van der Waals surface area contributed by atoms with Gasteiger partial charge >= 0.3 is 0 Å². The Morgan fingerprint density at radius 3 is 1.56 bits per heavy atom. The van der Waals surface area contributed by atoms with Crippen LogP contribution in [0.4, 0.5) is 5.69 Å². The van der Waals surface area contributed by atoms with E-state index in [4.69, 9.17) is 23.7 Å². The van der Waals surface area contributed by atoms with Crippen LogP contribution in [0, 0.1) is 6.92 Å². The lowest BCUT2D eigenvalue weighted by Gasteiger charge is -2.25. The number of anilines is 1. The summed E-state index contributed by atoms with van der Waals surface area (Å²) < 4.78 is 30.3. The molecule has 1 saturated heterocycles. The number of nitrogens with zero attached hydrogens (tertiary/aromatic N) is 4. The normalized spacial score (nSPS) is 16.9. The highest BCUT2D eigenvalue weighted by atomic mass is 16.6. The molecule has 0 aliphatic carbocycles.